The van der Waals surface area contributed by atoms with Crippen LogP contribution >= 0.6 is 0 Å². The zero-order valence-electron chi connectivity index (χ0n) is 17.2. The van der Waals surface area contributed by atoms with E-state index in [0.29, 0.717) is 44.9 Å². The lowest BCUT2D eigenvalue weighted by atomic mass is 9.79. The Morgan fingerprint density at radius 3 is 2.37 bits per heavy atom. The van der Waals surface area contributed by atoms with E-state index in [9.17, 15) is 32.6 Å². The maximum absolute atomic E-state index is 13.5. The predicted molar refractivity (Wildman–Crippen MR) is 110 cm³/mol. The summed E-state index contributed by atoms with van der Waals surface area (Å²) in [5.74, 6) is -2.15. The number of primary amides is 1. The maximum Gasteiger partial charge on any atom is 0.244 e. The number of allylic oxidation sites excluding steroid dienone is 1. The minimum atomic E-state index is -3.13. The van der Waals surface area contributed by atoms with Crippen molar-refractivity contribution in [2.45, 2.75) is 68.4 Å². The van der Waals surface area contributed by atoms with E-state index in [1.54, 1.807) is 6.08 Å². The van der Waals surface area contributed by atoms with Crippen molar-refractivity contribution in [3.63, 3.8) is 0 Å². The van der Waals surface area contributed by atoms with E-state index in [4.69, 9.17) is 5.73 Å². The lowest BCUT2D eigenvalue weighted by molar-refractivity contribution is -0.127. The van der Waals surface area contributed by atoms with Gasteiger partial charge in [0, 0.05) is 6.26 Å². The van der Waals surface area contributed by atoms with Crippen molar-refractivity contribution in [1.82, 2.24) is 5.32 Å². The molecule has 2 rings (SSSR count). The van der Waals surface area contributed by atoms with Crippen LogP contribution in [0.4, 0.5) is 4.39 Å². The molecular weight excluding hydrogens is 415 g/mol. The Bertz CT molecular complexity index is 736. The average Bonchev–Trinajstić information content (AvgIpc) is 2.70. The number of halogens is 1. The predicted octanol–water partition coefficient (Wildman–Crippen LogP) is 0.224. The lowest BCUT2D eigenvalue weighted by Crippen LogP contribution is -2.48. The quantitative estimate of drug-likeness (QED) is 0.391. The summed E-state index contributed by atoms with van der Waals surface area (Å²) in [6, 6.07) is -1.08. The minimum Gasteiger partial charge on any atom is -0.392 e. The number of sulfone groups is 1. The second kappa shape index (κ2) is 10.7. The molecule has 2 amide bonds. The molecule has 8 nitrogen and oxygen atoms in total. The van der Waals surface area contributed by atoms with Gasteiger partial charge in [-0.1, -0.05) is 6.08 Å². The molecule has 0 aromatic carbocycles. The van der Waals surface area contributed by atoms with Crippen LogP contribution in [-0.4, -0.2) is 66.9 Å². The van der Waals surface area contributed by atoms with E-state index in [1.807, 2.05) is 0 Å². The molecule has 0 aromatic rings. The molecule has 0 spiro atoms. The first-order valence-electron chi connectivity index (χ1n) is 10.4. The molecule has 2 aliphatic rings. The van der Waals surface area contributed by atoms with Crippen molar-refractivity contribution >= 4 is 21.7 Å². The first-order chi connectivity index (χ1) is 14.0. The van der Waals surface area contributed by atoms with Gasteiger partial charge in [0.15, 0.2) is 0 Å². The maximum atomic E-state index is 13.5. The van der Waals surface area contributed by atoms with Crippen molar-refractivity contribution in [2.24, 2.45) is 23.5 Å². The molecule has 5 N–H and O–H groups in total. The lowest BCUT2D eigenvalue weighted by Gasteiger charge is -2.33. The molecule has 3 unspecified atom stereocenters. The Balaban J connectivity index is 1.87. The minimum absolute atomic E-state index is 0.100. The van der Waals surface area contributed by atoms with Crippen LogP contribution in [0.3, 0.4) is 0 Å². The summed E-state index contributed by atoms with van der Waals surface area (Å²) in [5, 5.41) is 22.4. The summed E-state index contributed by atoms with van der Waals surface area (Å²) in [6.07, 6.45) is 5.32. The highest BCUT2D eigenvalue weighted by Crippen LogP contribution is 2.32. The van der Waals surface area contributed by atoms with Gasteiger partial charge in [0.25, 0.3) is 0 Å². The first kappa shape index (κ1) is 24.7. The number of hydrogen-bond acceptors (Lipinski definition) is 6. The van der Waals surface area contributed by atoms with E-state index in [2.05, 4.69) is 5.32 Å². The van der Waals surface area contributed by atoms with Crippen molar-refractivity contribution in [2.75, 3.05) is 12.9 Å². The van der Waals surface area contributed by atoms with Gasteiger partial charge in [-0.25, -0.2) is 12.8 Å². The monoisotopic (exact) mass is 448 g/mol. The third-order valence-corrected chi connectivity index (χ3v) is 8.14. The Hall–Kier alpha value is -1.52. The third-order valence-electron chi connectivity index (χ3n) is 6.45. The topological polar surface area (TPSA) is 147 Å². The highest BCUT2D eigenvalue weighted by Gasteiger charge is 2.35. The van der Waals surface area contributed by atoms with Crippen LogP contribution in [0.15, 0.2) is 12.2 Å². The van der Waals surface area contributed by atoms with Crippen LogP contribution in [0, 0.1) is 17.8 Å². The van der Waals surface area contributed by atoms with Gasteiger partial charge in [-0.05, 0) is 62.9 Å². The molecule has 30 heavy (non-hydrogen) atoms. The molecule has 0 saturated heterocycles. The van der Waals surface area contributed by atoms with Crippen LogP contribution in [0.5, 0.6) is 0 Å². The van der Waals surface area contributed by atoms with Gasteiger partial charge in [0.05, 0.1) is 29.4 Å². The molecule has 0 aromatic heterocycles. The Labute approximate surface area is 177 Å². The summed E-state index contributed by atoms with van der Waals surface area (Å²) in [4.78, 5) is 23.6. The fourth-order valence-electron chi connectivity index (χ4n) is 4.52. The van der Waals surface area contributed by atoms with Crippen molar-refractivity contribution in [1.29, 1.82) is 0 Å². The summed E-state index contributed by atoms with van der Waals surface area (Å²) >= 11 is 0. The molecule has 0 radical (unpaired) electrons. The van der Waals surface area contributed by atoms with Crippen LogP contribution in [0.25, 0.3) is 0 Å². The molecule has 0 heterocycles. The number of carbonyl (C=O) groups excluding carboxylic acids is 2. The first-order valence-corrected chi connectivity index (χ1v) is 12.4. The number of aliphatic hydroxyl groups is 2. The molecule has 0 bridgehead atoms. The van der Waals surface area contributed by atoms with E-state index in [-0.39, 0.29) is 11.8 Å². The summed E-state index contributed by atoms with van der Waals surface area (Å²) in [7, 11) is -3.13. The second-order valence-corrected chi connectivity index (χ2v) is 11.0. The van der Waals surface area contributed by atoms with E-state index in [0.717, 1.165) is 0 Å². The largest absolute Gasteiger partial charge is 0.392 e. The van der Waals surface area contributed by atoms with Crippen LogP contribution in [0.1, 0.15) is 44.9 Å². The highest BCUT2D eigenvalue weighted by molar-refractivity contribution is 7.91. The summed E-state index contributed by atoms with van der Waals surface area (Å²) < 4.78 is 36.8. The van der Waals surface area contributed by atoms with E-state index in [1.165, 1.54) is 12.3 Å². The normalized spacial score (nSPS) is 32.5. The molecule has 172 valence electrons. The zero-order valence-corrected chi connectivity index (χ0v) is 18.1. The zero-order chi connectivity index (χ0) is 22.5. The summed E-state index contributed by atoms with van der Waals surface area (Å²) in [5.41, 5.74) is 5.29. The number of carbonyl (C=O) groups is 2. The highest BCUT2D eigenvalue weighted by atomic mass is 32.2. The number of amides is 2. The van der Waals surface area contributed by atoms with E-state index < -0.39 is 57.7 Å². The SMILES string of the molecule is CS(=O)(=O)C1CCC([C@@H](O)[C@@H](CF)NC(=O)/C=C/C2CCC(O)C(C(N)=O)C2)CC1. The van der Waals surface area contributed by atoms with Gasteiger partial charge >= 0.3 is 0 Å². The van der Waals surface area contributed by atoms with Gasteiger partial charge in [0.1, 0.15) is 16.5 Å². The number of aliphatic hydroxyl groups excluding tert-OH is 2. The number of nitrogens with two attached hydrogens (primary N) is 1. The van der Waals surface area contributed by atoms with Crippen LogP contribution < -0.4 is 11.1 Å². The second-order valence-electron chi connectivity index (χ2n) is 8.63. The third kappa shape index (κ3) is 6.75. The average molecular weight is 449 g/mol. The standard InChI is InChI=1S/C20H33FN2O6S/c1-30(28,29)14-6-4-13(5-7-14)19(26)16(11-21)23-18(25)9-3-12-2-8-17(24)15(10-12)20(22)27/h3,9,12-17,19,24,26H,2,4-8,10-11H2,1H3,(H2,22,27)(H,23,25)/b9-3+/t12?,13?,14?,15?,16-,17?,19-/m1/s1. The fraction of sp³-hybridized carbons (Fsp3) is 0.800. The number of alkyl halides is 1. The van der Waals surface area contributed by atoms with Crippen molar-refractivity contribution < 1.29 is 32.6 Å². The van der Waals surface area contributed by atoms with Gasteiger partial charge in [0.2, 0.25) is 11.8 Å². The smallest absolute Gasteiger partial charge is 0.244 e. The number of nitrogens with one attached hydrogen (secondary N) is 1. The van der Waals surface area contributed by atoms with Crippen LogP contribution in [-0.2, 0) is 19.4 Å². The molecule has 5 atom stereocenters. The van der Waals surface area contributed by atoms with Crippen molar-refractivity contribution in [3.8, 4) is 0 Å². The van der Waals surface area contributed by atoms with Crippen LogP contribution in [0.2, 0.25) is 0 Å². The molecule has 2 aliphatic carbocycles. The van der Waals surface area contributed by atoms with E-state index >= 15 is 0 Å². The molecule has 2 saturated carbocycles. The Morgan fingerprint density at radius 1 is 1.20 bits per heavy atom. The summed E-state index contributed by atoms with van der Waals surface area (Å²) in [6.45, 7) is -0.938. The number of hydrogen-bond donors (Lipinski definition) is 4. The molecule has 2 fully saturated rings. The Morgan fingerprint density at radius 2 is 1.83 bits per heavy atom. The number of rotatable bonds is 8. The molecular formula is C20H33FN2O6S. The molecule has 10 heteroatoms. The van der Waals surface area contributed by atoms with Crippen molar-refractivity contribution in [3.05, 3.63) is 12.2 Å². The van der Waals surface area contributed by atoms with Gasteiger partial charge in [-0.3, -0.25) is 9.59 Å². The van der Waals surface area contributed by atoms with Gasteiger partial charge in [-0.15, -0.1) is 0 Å². The Kier molecular flexibility index (Phi) is 8.81. The van der Waals surface area contributed by atoms with Gasteiger partial charge < -0.3 is 21.3 Å². The fourth-order valence-corrected chi connectivity index (χ4v) is 5.65. The van der Waals surface area contributed by atoms with Gasteiger partial charge in [-0.2, -0.15) is 0 Å². The molecule has 0 aliphatic heterocycles.